The van der Waals surface area contributed by atoms with Crippen LogP contribution in [0.15, 0.2) is 102 Å². The van der Waals surface area contributed by atoms with Crippen LogP contribution in [0.3, 0.4) is 0 Å². The molecule has 0 saturated carbocycles. The number of fused-ring (bicyclic) bond motifs is 2. The molecular weight excluding hydrogens is 550 g/mol. The summed E-state index contributed by atoms with van der Waals surface area (Å²) in [4.78, 5) is 33.5. The Bertz CT molecular complexity index is 1800. The van der Waals surface area contributed by atoms with E-state index in [1.807, 2.05) is 62.4 Å². The number of carbonyl (C=O) groups is 2. The number of aromatic nitrogens is 2. The van der Waals surface area contributed by atoms with Gasteiger partial charge in [0.25, 0.3) is 0 Å². The molecule has 2 amide bonds. The summed E-state index contributed by atoms with van der Waals surface area (Å²) in [5.41, 5.74) is 7.58. The van der Waals surface area contributed by atoms with Gasteiger partial charge >= 0.3 is 0 Å². The standard InChI is InChI=1S/C36H39N5O3/c1-24-38-34(44-40-24)32(23-26-16-18-28-11-6-8-13-30(28)21-26)41(4)35(43)31(39-33(42)14-9-19-36(2,3)37)22-25-15-17-27-10-5-7-12-29(27)20-25/h5-18,20-21,31-32H,19,22-23,37H2,1-4H3,(H,39,42)/b14-9+. The van der Waals surface area contributed by atoms with Crippen molar-refractivity contribution in [3.63, 3.8) is 0 Å². The van der Waals surface area contributed by atoms with Gasteiger partial charge in [0.05, 0.1) is 0 Å². The molecule has 4 aromatic carbocycles. The molecule has 5 rings (SSSR count). The van der Waals surface area contributed by atoms with Crippen molar-refractivity contribution in [2.24, 2.45) is 5.73 Å². The highest BCUT2D eigenvalue weighted by Gasteiger charge is 2.32. The van der Waals surface area contributed by atoms with Gasteiger partial charge in [0.2, 0.25) is 17.7 Å². The van der Waals surface area contributed by atoms with E-state index in [0.29, 0.717) is 31.0 Å². The minimum atomic E-state index is -0.840. The van der Waals surface area contributed by atoms with E-state index >= 15 is 0 Å². The van der Waals surface area contributed by atoms with E-state index in [4.69, 9.17) is 10.3 Å². The Hall–Kier alpha value is -4.82. The smallest absolute Gasteiger partial charge is 0.249 e. The number of carbonyl (C=O) groups excluding carboxylic acids is 2. The van der Waals surface area contributed by atoms with E-state index in [-0.39, 0.29) is 11.8 Å². The summed E-state index contributed by atoms with van der Waals surface area (Å²) >= 11 is 0. The highest BCUT2D eigenvalue weighted by atomic mass is 16.5. The van der Waals surface area contributed by atoms with Crippen LogP contribution in [0.1, 0.15) is 49.2 Å². The zero-order chi connectivity index (χ0) is 31.3. The van der Waals surface area contributed by atoms with Crippen molar-refractivity contribution in [2.75, 3.05) is 7.05 Å². The predicted octanol–water partition coefficient (Wildman–Crippen LogP) is 5.84. The third-order valence-corrected chi connectivity index (χ3v) is 7.67. The molecule has 2 atom stereocenters. The Labute approximate surface area is 257 Å². The monoisotopic (exact) mass is 589 g/mol. The number of rotatable bonds is 11. The molecule has 226 valence electrons. The first-order valence-electron chi connectivity index (χ1n) is 14.8. The van der Waals surface area contributed by atoms with E-state index in [9.17, 15) is 9.59 Å². The normalized spacial score (nSPS) is 13.3. The lowest BCUT2D eigenvalue weighted by Gasteiger charge is -2.30. The van der Waals surface area contributed by atoms with Crippen molar-refractivity contribution in [2.45, 2.75) is 57.7 Å². The number of nitrogens with one attached hydrogen (secondary N) is 1. The number of benzene rings is 4. The number of hydrogen-bond acceptors (Lipinski definition) is 6. The Morgan fingerprint density at radius 2 is 1.48 bits per heavy atom. The number of nitrogens with two attached hydrogens (primary N) is 1. The van der Waals surface area contributed by atoms with Crippen molar-refractivity contribution in [3.8, 4) is 0 Å². The second-order valence-electron chi connectivity index (χ2n) is 12.1. The fourth-order valence-electron chi connectivity index (χ4n) is 5.32. The molecule has 3 N–H and O–H groups in total. The molecule has 2 unspecified atom stereocenters. The van der Waals surface area contributed by atoms with Gasteiger partial charge in [-0.1, -0.05) is 96.2 Å². The minimum Gasteiger partial charge on any atom is -0.340 e. The van der Waals surface area contributed by atoms with Crippen LogP contribution in [-0.2, 0) is 22.4 Å². The van der Waals surface area contributed by atoms with Gasteiger partial charge in [-0.3, -0.25) is 9.59 Å². The van der Waals surface area contributed by atoms with Gasteiger partial charge < -0.3 is 20.5 Å². The molecule has 0 aliphatic heterocycles. The molecule has 8 nitrogen and oxygen atoms in total. The molecule has 44 heavy (non-hydrogen) atoms. The summed E-state index contributed by atoms with van der Waals surface area (Å²) in [6.07, 6.45) is 4.47. The van der Waals surface area contributed by atoms with Gasteiger partial charge in [-0.15, -0.1) is 0 Å². The fraction of sp³-hybridized carbons (Fsp3) is 0.278. The van der Waals surface area contributed by atoms with Crippen LogP contribution in [0.4, 0.5) is 0 Å². The largest absolute Gasteiger partial charge is 0.340 e. The quantitative estimate of drug-likeness (QED) is 0.187. The summed E-state index contributed by atoms with van der Waals surface area (Å²) < 4.78 is 5.60. The van der Waals surface area contributed by atoms with Gasteiger partial charge in [-0.05, 0) is 65.9 Å². The van der Waals surface area contributed by atoms with Gasteiger partial charge in [-0.25, -0.2) is 0 Å². The summed E-state index contributed by atoms with van der Waals surface area (Å²) in [6, 6.07) is 27.1. The highest BCUT2D eigenvalue weighted by molar-refractivity contribution is 5.93. The molecule has 8 heteroatoms. The number of nitrogens with zero attached hydrogens (tertiary/aromatic N) is 3. The summed E-state index contributed by atoms with van der Waals surface area (Å²) in [6.45, 7) is 5.54. The van der Waals surface area contributed by atoms with E-state index in [1.54, 1.807) is 24.9 Å². The lowest BCUT2D eigenvalue weighted by atomic mass is 9.98. The maximum atomic E-state index is 14.3. The van der Waals surface area contributed by atoms with Crippen molar-refractivity contribution in [1.82, 2.24) is 20.4 Å². The van der Waals surface area contributed by atoms with Crippen LogP contribution in [0.5, 0.6) is 0 Å². The van der Waals surface area contributed by atoms with E-state index in [0.717, 1.165) is 32.7 Å². The van der Waals surface area contributed by atoms with Crippen LogP contribution in [0, 0.1) is 6.92 Å². The summed E-state index contributed by atoms with van der Waals surface area (Å²) in [7, 11) is 1.72. The van der Waals surface area contributed by atoms with Crippen molar-refractivity contribution < 1.29 is 14.1 Å². The van der Waals surface area contributed by atoms with Crippen molar-refractivity contribution >= 4 is 33.4 Å². The Kier molecular flexibility index (Phi) is 9.20. The lowest BCUT2D eigenvalue weighted by molar-refractivity contribution is -0.137. The molecule has 1 aromatic heterocycles. The SMILES string of the molecule is Cc1noc(C(Cc2ccc3ccccc3c2)N(C)C(=O)C(Cc2ccc3ccccc3c2)NC(=O)/C=C/CC(C)(C)N)n1. The first-order chi connectivity index (χ1) is 21.1. The van der Waals surface area contributed by atoms with Crippen LogP contribution < -0.4 is 11.1 Å². The first kappa shape index (κ1) is 30.6. The topological polar surface area (TPSA) is 114 Å². The minimum absolute atomic E-state index is 0.263. The van der Waals surface area contributed by atoms with Gasteiger partial charge in [0.1, 0.15) is 12.1 Å². The highest BCUT2D eigenvalue weighted by Crippen LogP contribution is 2.27. The third-order valence-electron chi connectivity index (χ3n) is 7.67. The lowest BCUT2D eigenvalue weighted by Crippen LogP contribution is -2.49. The van der Waals surface area contributed by atoms with Crippen LogP contribution >= 0.6 is 0 Å². The number of hydrogen-bond donors (Lipinski definition) is 2. The molecular formula is C36H39N5O3. The molecule has 0 fully saturated rings. The molecule has 0 bridgehead atoms. The van der Waals surface area contributed by atoms with E-state index in [2.05, 4.69) is 51.9 Å². The predicted molar refractivity (Wildman–Crippen MR) is 174 cm³/mol. The Morgan fingerprint density at radius 1 is 0.909 bits per heavy atom. The average molecular weight is 590 g/mol. The van der Waals surface area contributed by atoms with Crippen LogP contribution in [0.25, 0.3) is 21.5 Å². The number of aryl methyl sites for hydroxylation is 1. The van der Waals surface area contributed by atoms with Gasteiger partial charge in [0.15, 0.2) is 5.82 Å². The zero-order valence-corrected chi connectivity index (χ0v) is 25.7. The molecule has 0 radical (unpaired) electrons. The third kappa shape index (κ3) is 7.76. The Balaban J connectivity index is 1.44. The van der Waals surface area contributed by atoms with Gasteiger partial charge in [0, 0.05) is 25.4 Å². The van der Waals surface area contributed by atoms with Crippen LogP contribution in [0.2, 0.25) is 0 Å². The molecule has 0 aliphatic carbocycles. The summed E-state index contributed by atoms with van der Waals surface area (Å²) in [5.74, 6) is 0.202. The van der Waals surface area contributed by atoms with E-state index < -0.39 is 17.6 Å². The van der Waals surface area contributed by atoms with E-state index in [1.165, 1.54) is 6.08 Å². The maximum absolute atomic E-state index is 14.3. The first-order valence-corrected chi connectivity index (χ1v) is 14.8. The van der Waals surface area contributed by atoms with Gasteiger partial charge in [-0.2, -0.15) is 4.98 Å². The Morgan fingerprint density at radius 3 is 2.02 bits per heavy atom. The number of amides is 2. The average Bonchev–Trinajstić information content (AvgIpc) is 3.43. The second-order valence-corrected chi connectivity index (χ2v) is 12.1. The summed E-state index contributed by atoms with van der Waals surface area (Å²) in [5, 5.41) is 11.4. The molecule has 0 saturated heterocycles. The molecule has 5 aromatic rings. The number of likely N-dealkylation sites (N-methyl/N-ethyl adjacent to an activating group) is 1. The molecule has 1 heterocycles. The molecule has 0 spiro atoms. The van der Waals surface area contributed by atoms with Crippen molar-refractivity contribution in [1.29, 1.82) is 0 Å². The second kappa shape index (κ2) is 13.2. The fourth-order valence-corrected chi connectivity index (χ4v) is 5.32. The molecule has 0 aliphatic rings. The maximum Gasteiger partial charge on any atom is 0.249 e. The van der Waals surface area contributed by atoms with Crippen molar-refractivity contribution in [3.05, 3.63) is 120 Å². The zero-order valence-electron chi connectivity index (χ0n) is 25.7. The van der Waals surface area contributed by atoms with Crippen LogP contribution in [-0.4, -0.2) is 45.5 Å².